The van der Waals surface area contributed by atoms with Crippen LogP contribution in [0.1, 0.15) is 63.0 Å². The smallest absolute Gasteiger partial charge is 0.412 e. The Balaban J connectivity index is 1.65. The second-order valence-corrected chi connectivity index (χ2v) is 10.5. The number of hydrogen-bond acceptors (Lipinski definition) is 7. The number of nitrogens with one attached hydrogen (secondary N) is 3. The van der Waals surface area contributed by atoms with Gasteiger partial charge in [0.1, 0.15) is 11.3 Å². The maximum atomic E-state index is 12.9. The number of amides is 4. The molecule has 4 amide bonds. The summed E-state index contributed by atoms with van der Waals surface area (Å²) in [5, 5.41) is 10.6. The summed E-state index contributed by atoms with van der Waals surface area (Å²) < 4.78 is 5.30. The Morgan fingerprint density at radius 1 is 0.974 bits per heavy atom. The molecule has 2 aromatic heterocycles. The molecule has 1 aromatic carbocycles. The van der Waals surface area contributed by atoms with Crippen molar-refractivity contribution in [3.8, 4) is 0 Å². The lowest BCUT2D eigenvalue weighted by atomic mass is 10.2. The highest BCUT2D eigenvalue weighted by Gasteiger charge is 2.19. The summed E-state index contributed by atoms with van der Waals surface area (Å²) >= 11 is 1.36. The van der Waals surface area contributed by atoms with Crippen LogP contribution in [0.3, 0.4) is 0 Å². The van der Waals surface area contributed by atoms with Crippen LogP contribution in [-0.2, 0) is 11.3 Å². The molecule has 3 N–H and O–H groups in total. The summed E-state index contributed by atoms with van der Waals surface area (Å²) in [4.78, 5) is 48.0. The molecule has 3 aromatic rings. The first-order valence-corrected chi connectivity index (χ1v) is 13.3. The molecule has 2 heterocycles. The zero-order chi connectivity index (χ0) is 27.5. The quantitative estimate of drug-likeness (QED) is 0.258. The van der Waals surface area contributed by atoms with Crippen molar-refractivity contribution >= 4 is 45.9 Å². The Kier molecular flexibility index (Phi) is 10.2. The predicted molar refractivity (Wildman–Crippen MR) is 150 cm³/mol. The van der Waals surface area contributed by atoms with Gasteiger partial charge in [0.05, 0.1) is 11.4 Å². The number of ether oxygens (including phenoxy) is 1. The summed E-state index contributed by atoms with van der Waals surface area (Å²) in [6, 6.07) is 9.98. The maximum Gasteiger partial charge on any atom is 0.412 e. The maximum absolute atomic E-state index is 12.9. The Morgan fingerprint density at radius 2 is 1.71 bits per heavy atom. The minimum Gasteiger partial charge on any atom is -0.444 e. The largest absolute Gasteiger partial charge is 0.444 e. The fourth-order valence-electron chi connectivity index (χ4n) is 3.43. The molecule has 0 radical (unpaired) electrons. The highest BCUT2D eigenvalue weighted by atomic mass is 32.1. The molecule has 0 aliphatic heterocycles. The van der Waals surface area contributed by atoms with Crippen LogP contribution in [-0.4, -0.2) is 45.0 Å². The van der Waals surface area contributed by atoms with Gasteiger partial charge in [0.2, 0.25) is 0 Å². The number of hydrogen-bond donors (Lipinski definition) is 3. The zero-order valence-electron chi connectivity index (χ0n) is 22.1. The van der Waals surface area contributed by atoms with Crippen molar-refractivity contribution in [3.05, 3.63) is 65.4 Å². The van der Waals surface area contributed by atoms with E-state index in [0.717, 1.165) is 24.8 Å². The number of pyridine rings is 1. The molecule has 0 saturated heterocycles. The van der Waals surface area contributed by atoms with Crippen LogP contribution in [0.25, 0.3) is 0 Å². The number of rotatable bonds is 10. The summed E-state index contributed by atoms with van der Waals surface area (Å²) in [7, 11) is 0. The van der Waals surface area contributed by atoms with Gasteiger partial charge in [-0.2, -0.15) is 0 Å². The van der Waals surface area contributed by atoms with Gasteiger partial charge >= 0.3 is 12.1 Å². The third-order valence-corrected chi connectivity index (χ3v) is 5.90. The van der Waals surface area contributed by atoms with E-state index in [1.54, 1.807) is 79.8 Å². The van der Waals surface area contributed by atoms with Gasteiger partial charge in [-0.3, -0.25) is 20.4 Å². The van der Waals surface area contributed by atoms with E-state index in [4.69, 9.17) is 4.74 Å². The van der Waals surface area contributed by atoms with E-state index in [2.05, 4.69) is 32.8 Å². The molecule has 0 aliphatic rings. The molecule has 0 atom stereocenters. The Hall–Kier alpha value is -3.99. The van der Waals surface area contributed by atoms with Crippen LogP contribution in [0.2, 0.25) is 0 Å². The number of para-hydroxylation sites is 2. The summed E-state index contributed by atoms with van der Waals surface area (Å²) in [6.07, 6.45) is 5.55. The monoisotopic (exact) mass is 538 g/mol. The van der Waals surface area contributed by atoms with Crippen molar-refractivity contribution in [3.63, 3.8) is 0 Å². The van der Waals surface area contributed by atoms with Gasteiger partial charge in [-0.1, -0.05) is 38.0 Å². The molecular formula is C27H34N6O4S. The van der Waals surface area contributed by atoms with Crippen molar-refractivity contribution in [2.75, 3.05) is 22.5 Å². The summed E-state index contributed by atoms with van der Waals surface area (Å²) in [5.41, 5.74) is 1.15. The fraction of sp³-hybridized carbons (Fsp3) is 0.370. The van der Waals surface area contributed by atoms with E-state index >= 15 is 0 Å². The number of anilines is 3. The first kappa shape index (κ1) is 28.6. The first-order valence-electron chi connectivity index (χ1n) is 12.5. The van der Waals surface area contributed by atoms with Gasteiger partial charge in [0.25, 0.3) is 5.91 Å². The van der Waals surface area contributed by atoms with E-state index in [9.17, 15) is 14.4 Å². The van der Waals surface area contributed by atoms with Gasteiger partial charge in [0, 0.05) is 30.9 Å². The molecule has 202 valence electrons. The molecule has 11 heteroatoms. The van der Waals surface area contributed by atoms with Gasteiger partial charge in [-0.05, 0) is 51.0 Å². The lowest BCUT2D eigenvalue weighted by Crippen LogP contribution is -2.35. The highest BCUT2D eigenvalue weighted by Crippen LogP contribution is 2.23. The second-order valence-electron chi connectivity index (χ2n) is 9.57. The van der Waals surface area contributed by atoms with Crippen molar-refractivity contribution < 1.29 is 19.1 Å². The Bertz CT molecular complexity index is 1210. The Morgan fingerprint density at radius 3 is 2.32 bits per heavy atom. The topological polar surface area (TPSA) is 126 Å². The molecule has 0 fully saturated rings. The molecule has 0 saturated carbocycles. The summed E-state index contributed by atoms with van der Waals surface area (Å²) in [6.45, 7) is 8.36. The van der Waals surface area contributed by atoms with Crippen LogP contribution in [0.4, 0.5) is 26.1 Å². The first-order chi connectivity index (χ1) is 18.1. The van der Waals surface area contributed by atoms with Crippen molar-refractivity contribution in [1.82, 2.24) is 14.9 Å². The lowest BCUT2D eigenvalue weighted by molar-refractivity contribution is 0.0635. The number of nitrogens with zero attached hydrogens (tertiary/aromatic N) is 3. The van der Waals surface area contributed by atoms with Crippen LogP contribution >= 0.6 is 11.3 Å². The third kappa shape index (κ3) is 9.15. The molecule has 38 heavy (non-hydrogen) atoms. The summed E-state index contributed by atoms with van der Waals surface area (Å²) in [5.74, 6) is -0.434. The van der Waals surface area contributed by atoms with E-state index < -0.39 is 17.6 Å². The molecule has 0 aliphatic carbocycles. The number of aromatic nitrogens is 2. The van der Waals surface area contributed by atoms with Crippen LogP contribution in [0.15, 0.2) is 54.2 Å². The van der Waals surface area contributed by atoms with E-state index in [1.807, 2.05) is 0 Å². The lowest BCUT2D eigenvalue weighted by Gasteiger charge is -2.22. The third-order valence-electron chi connectivity index (χ3n) is 5.21. The molecule has 10 nitrogen and oxygen atoms in total. The number of unbranched alkanes of at least 4 members (excludes halogenated alkanes) is 2. The fourth-order valence-corrected chi connectivity index (χ4v) is 3.95. The zero-order valence-corrected chi connectivity index (χ0v) is 22.9. The van der Waals surface area contributed by atoms with Gasteiger partial charge < -0.3 is 15.0 Å². The van der Waals surface area contributed by atoms with Crippen molar-refractivity contribution in [2.24, 2.45) is 0 Å². The van der Waals surface area contributed by atoms with Gasteiger partial charge in [-0.15, -0.1) is 11.3 Å². The predicted octanol–water partition coefficient (Wildman–Crippen LogP) is 6.36. The van der Waals surface area contributed by atoms with Gasteiger partial charge in [-0.25, -0.2) is 14.6 Å². The average Bonchev–Trinajstić information content (AvgIpc) is 3.37. The van der Waals surface area contributed by atoms with Crippen molar-refractivity contribution in [1.29, 1.82) is 0 Å². The van der Waals surface area contributed by atoms with Gasteiger partial charge in [0.15, 0.2) is 5.13 Å². The molecule has 0 unspecified atom stereocenters. The highest BCUT2D eigenvalue weighted by molar-refractivity contribution is 7.13. The number of urea groups is 1. The van der Waals surface area contributed by atoms with E-state index in [0.29, 0.717) is 29.6 Å². The molecular weight excluding hydrogens is 504 g/mol. The average molecular weight is 539 g/mol. The number of carbonyl (C=O) groups excluding carboxylic acids is 3. The minimum atomic E-state index is -0.652. The van der Waals surface area contributed by atoms with Crippen LogP contribution in [0.5, 0.6) is 0 Å². The standard InChI is InChI=1S/C27H34N6O4S/c1-5-6-9-15-33(25(35)32-24-28-14-16-38-24)18-19-12-13-22(29-17-19)23(34)30-20-10-7-8-11-21(20)31-26(36)37-27(2,3)4/h7-8,10-14,16-17H,5-6,9,15,18H2,1-4H3,(H,30,34)(H,31,36)(H,28,32,35). The second kappa shape index (κ2) is 13.5. The van der Waals surface area contributed by atoms with Crippen LogP contribution in [0, 0.1) is 0 Å². The number of thiazole rings is 1. The SMILES string of the molecule is CCCCCN(Cc1ccc(C(=O)Nc2ccccc2NC(=O)OC(C)(C)C)nc1)C(=O)Nc1nccs1. The molecule has 0 bridgehead atoms. The molecule has 0 spiro atoms. The van der Waals surface area contributed by atoms with Crippen LogP contribution < -0.4 is 16.0 Å². The Labute approximate surface area is 226 Å². The van der Waals surface area contributed by atoms with Crippen molar-refractivity contribution in [2.45, 2.75) is 59.1 Å². The normalized spacial score (nSPS) is 10.9. The number of carbonyl (C=O) groups is 3. The minimum absolute atomic E-state index is 0.200. The van der Waals surface area contributed by atoms with E-state index in [1.165, 1.54) is 11.3 Å². The number of benzene rings is 1. The molecule has 3 rings (SSSR count). The van der Waals surface area contributed by atoms with E-state index in [-0.39, 0.29) is 11.7 Å².